The molecule has 1 aromatic carbocycles. The maximum absolute atomic E-state index is 5.72. The average Bonchev–Trinajstić information content (AvgIpc) is 2.46. The monoisotopic (exact) mass is 251 g/mol. The lowest BCUT2D eigenvalue weighted by Gasteiger charge is -2.35. The number of methoxy groups -OCH3 is 2. The van der Waals surface area contributed by atoms with Gasteiger partial charge in [-0.05, 0) is 12.1 Å². The lowest BCUT2D eigenvalue weighted by atomic mass is 10.1. The molecule has 0 aromatic heterocycles. The number of nitrogens with two attached hydrogens (primary N) is 1. The number of rotatable bonds is 4. The third-order valence-corrected chi connectivity index (χ3v) is 3.27. The number of anilines is 1. The number of nitrogens with zero attached hydrogens (tertiary/aromatic N) is 1. The van der Waals surface area contributed by atoms with Crippen molar-refractivity contribution in [1.82, 2.24) is 5.32 Å². The van der Waals surface area contributed by atoms with Crippen molar-refractivity contribution in [2.45, 2.75) is 6.04 Å². The van der Waals surface area contributed by atoms with Gasteiger partial charge in [0.2, 0.25) is 0 Å². The Hall–Kier alpha value is -1.46. The van der Waals surface area contributed by atoms with Gasteiger partial charge < -0.3 is 25.4 Å². The maximum Gasteiger partial charge on any atom is 0.145 e. The van der Waals surface area contributed by atoms with Crippen LogP contribution in [0.5, 0.6) is 11.5 Å². The first-order valence-electron chi connectivity index (χ1n) is 6.19. The molecule has 100 valence electrons. The molecule has 1 aliphatic rings. The Morgan fingerprint density at radius 3 is 2.89 bits per heavy atom. The van der Waals surface area contributed by atoms with Gasteiger partial charge >= 0.3 is 0 Å². The van der Waals surface area contributed by atoms with Crippen molar-refractivity contribution in [3.63, 3.8) is 0 Å². The van der Waals surface area contributed by atoms with Crippen molar-refractivity contribution in [2.24, 2.45) is 5.73 Å². The molecule has 0 bridgehead atoms. The minimum atomic E-state index is 0.338. The first-order valence-corrected chi connectivity index (χ1v) is 6.19. The summed E-state index contributed by atoms with van der Waals surface area (Å²) >= 11 is 0. The van der Waals surface area contributed by atoms with Gasteiger partial charge in [0.1, 0.15) is 11.5 Å². The SMILES string of the molecule is COc1ccc(N2CCNC(CN)C2)c(OC)c1. The molecular weight excluding hydrogens is 230 g/mol. The molecule has 0 spiro atoms. The number of nitrogens with one attached hydrogen (secondary N) is 1. The molecule has 5 nitrogen and oxygen atoms in total. The van der Waals surface area contributed by atoms with Crippen LogP contribution in [0.15, 0.2) is 18.2 Å². The van der Waals surface area contributed by atoms with E-state index in [4.69, 9.17) is 15.2 Å². The van der Waals surface area contributed by atoms with Crippen molar-refractivity contribution >= 4 is 5.69 Å². The highest BCUT2D eigenvalue weighted by Crippen LogP contribution is 2.32. The van der Waals surface area contributed by atoms with E-state index in [0.29, 0.717) is 12.6 Å². The molecule has 18 heavy (non-hydrogen) atoms. The molecule has 1 atom stereocenters. The van der Waals surface area contributed by atoms with E-state index in [1.54, 1.807) is 14.2 Å². The highest BCUT2D eigenvalue weighted by atomic mass is 16.5. The second-order valence-corrected chi connectivity index (χ2v) is 4.37. The molecule has 2 rings (SSSR count). The summed E-state index contributed by atoms with van der Waals surface area (Å²) < 4.78 is 10.6. The Morgan fingerprint density at radius 2 is 2.22 bits per heavy atom. The highest BCUT2D eigenvalue weighted by molar-refractivity contribution is 5.61. The first-order chi connectivity index (χ1) is 8.78. The summed E-state index contributed by atoms with van der Waals surface area (Å²) in [6.07, 6.45) is 0. The van der Waals surface area contributed by atoms with Crippen LogP contribution in [-0.4, -0.2) is 46.4 Å². The predicted octanol–water partition coefficient (Wildman–Crippen LogP) is 0.441. The van der Waals surface area contributed by atoms with E-state index in [2.05, 4.69) is 10.2 Å². The van der Waals surface area contributed by atoms with Gasteiger partial charge in [-0.1, -0.05) is 0 Å². The molecule has 1 heterocycles. The molecular formula is C13H21N3O2. The van der Waals surface area contributed by atoms with Gasteiger partial charge in [-0.2, -0.15) is 0 Å². The van der Waals surface area contributed by atoms with Crippen LogP contribution in [0, 0.1) is 0 Å². The number of ether oxygens (including phenoxy) is 2. The van der Waals surface area contributed by atoms with Gasteiger partial charge in [0, 0.05) is 38.3 Å². The van der Waals surface area contributed by atoms with Gasteiger partial charge in [0.15, 0.2) is 0 Å². The van der Waals surface area contributed by atoms with Crippen molar-refractivity contribution in [1.29, 1.82) is 0 Å². The molecule has 0 saturated carbocycles. The van der Waals surface area contributed by atoms with E-state index in [-0.39, 0.29) is 0 Å². The van der Waals surface area contributed by atoms with Gasteiger partial charge in [-0.3, -0.25) is 0 Å². The third kappa shape index (κ3) is 2.68. The number of hydrogen-bond acceptors (Lipinski definition) is 5. The van der Waals surface area contributed by atoms with Gasteiger partial charge in [0.25, 0.3) is 0 Å². The van der Waals surface area contributed by atoms with Gasteiger partial charge in [-0.25, -0.2) is 0 Å². The van der Waals surface area contributed by atoms with E-state index < -0.39 is 0 Å². The van der Waals surface area contributed by atoms with Crippen LogP contribution in [0.4, 0.5) is 5.69 Å². The summed E-state index contributed by atoms with van der Waals surface area (Å²) in [5, 5.41) is 3.40. The standard InChI is InChI=1S/C13H21N3O2/c1-17-11-3-4-12(13(7-11)18-2)16-6-5-15-10(8-14)9-16/h3-4,7,10,15H,5-6,8-9,14H2,1-2H3. The molecule has 1 fully saturated rings. The summed E-state index contributed by atoms with van der Waals surface area (Å²) in [5.74, 6) is 1.65. The van der Waals surface area contributed by atoms with Gasteiger partial charge in [-0.15, -0.1) is 0 Å². The Kier molecular flexibility index (Phi) is 4.28. The zero-order valence-corrected chi connectivity index (χ0v) is 11.0. The molecule has 0 aliphatic carbocycles. The molecule has 5 heteroatoms. The molecule has 0 radical (unpaired) electrons. The number of hydrogen-bond donors (Lipinski definition) is 2. The number of benzene rings is 1. The smallest absolute Gasteiger partial charge is 0.145 e. The van der Waals surface area contributed by atoms with Crippen molar-refractivity contribution in [2.75, 3.05) is 45.3 Å². The van der Waals surface area contributed by atoms with E-state index in [9.17, 15) is 0 Å². The molecule has 0 amide bonds. The van der Waals surface area contributed by atoms with E-state index in [1.807, 2.05) is 18.2 Å². The fourth-order valence-corrected chi connectivity index (χ4v) is 2.25. The summed E-state index contributed by atoms with van der Waals surface area (Å²) in [6.45, 7) is 3.45. The predicted molar refractivity (Wildman–Crippen MR) is 72.6 cm³/mol. The highest BCUT2D eigenvalue weighted by Gasteiger charge is 2.20. The fraction of sp³-hybridized carbons (Fsp3) is 0.538. The number of piperazine rings is 1. The average molecular weight is 251 g/mol. The van der Waals surface area contributed by atoms with Crippen LogP contribution >= 0.6 is 0 Å². The summed E-state index contributed by atoms with van der Waals surface area (Å²) in [7, 11) is 3.34. The van der Waals surface area contributed by atoms with Crippen LogP contribution in [-0.2, 0) is 0 Å². The van der Waals surface area contributed by atoms with Crippen LogP contribution in [0.25, 0.3) is 0 Å². The van der Waals surface area contributed by atoms with Crippen molar-refractivity contribution in [3.8, 4) is 11.5 Å². The Labute approximate surface area is 108 Å². The quantitative estimate of drug-likeness (QED) is 0.813. The van der Waals surface area contributed by atoms with E-state index in [0.717, 1.165) is 36.8 Å². The summed E-state index contributed by atoms with van der Waals surface area (Å²) in [6, 6.07) is 6.24. The van der Waals surface area contributed by atoms with Crippen LogP contribution < -0.4 is 25.4 Å². The minimum Gasteiger partial charge on any atom is -0.497 e. The fourth-order valence-electron chi connectivity index (χ4n) is 2.25. The second-order valence-electron chi connectivity index (χ2n) is 4.37. The summed E-state index contributed by atoms with van der Waals surface area (Å²) in [5.41, 5.74) is 6.81. The topological polar surface area (TPSA) is 59.8 Å². The van der Waals surface area contributed by atoms with Crippen molar-refractivity contribution in [3.05, 3.63) is 18.2 Å². The normalized spacial score (nSPS) is 19.7. The Bertz CT molecular complexity index is 398. The Morgan fingerprint density at radius 1 is 1.39 bits per heavy atom. The van der Waals surface area contributed by atoms with Crippen LogP contribution in [0.3, 0.4) is 0 Å². The Balaban J connectivity index is 2.21. The van der Waals surface area contributed by atoms with Crippen LogP contribution in [0.2, 0.25) is 0 Å². The lowest BCUT2D eigenvalue weighted by Crippen LogP contribution is -2.53. The molecule has 1 saturated heterocycles. The van der Waals surface area contributed by atoms with E-state index in [1.165, 1.54) is 0 Å². The molecule has 3 N–H and O–H groups in total. The summed E-state index contributed by atoms with van der Waals surface area (Å²) in [4.78, 5) is 2.30. The van der Waals surface area contributed by atoms with E-state index >= 15 is 0 Å². The molecule has 1 aliphatic heterocycles. The largest absolute Gasteiger partial charge is 0.497 e. The third-order valence-electron chi connectivity index (χ3n) is 3.27. The molecule has 1 unspecified atom stereocenters. The molecule has 1 aromatic rings. The second kappa shape index (κ2) is 5.93. The lowest BCUT2D eigenvalue weighted by molar-refractivity contribution is 0.391. The zero-order valence-electron chi connectivity index (χ0n) is 11.0. The first kappa shape index (κ1) is 13.0. The van der Waals surface area contributed by atoms with Crippen LogP contribution in [0.1, 0.15) is 0 Å². The van der Waals surface area contributed by atoms with Crippen molar-refractivity contribution < 1.29 is 9.47 Å². The zero-order chi connectivity index (χ0) is 13.0. The van der Waals surface area contributed by atoms with Gasteiger partial charge in [0.05, 0.1) is 19.9 Å². The minimum absolute atomic E-state index is 0.338. The maximum atomic E-state index is 5.72.